The molecule has 0 spiro atoms. The lowest BCUT2D eigenvalue weighted by Crippen LogP contribution is -2.23. The molecule has 15 heavy (non-hydrogen) atoms. The summed E-state index contributed by atoms with van der Waals surface area (Å²) >= 11 is 1.53. The van der Waals surface area contributed by atoms with Crippen molar-refractivity contribution in [1.82, 2.24) is 4.90 Å². The minimum atomic E-state index is 0.113. The summed E-state index contributed by atoms with van der Waals surface area (Å²) in [6.45, 7) is 1.97. The van der Waals surface area contributed by atoms with E-state index in [4.69, 9.17) is 5.73 Å². The van der Waals surface area contributed by atoms with Crippen LogP contribution in [0.25, 0.3) is 0 Å². The van der Waals surface area contributed by atoms with Crippen LogP contribution in [0.5, 0.6) is 0 Å². The molecule has 0 saturated heterocycles. The fourth-order valence-electron chi connectivity index (χ4n) is 1.06. The van der Waals surface area contributed by atoms with E-state index < -0.39 is 0 Å². The van der Waals surface area contributed by atoms with Gasteiger partial charge in [0.1, 0.15) is 0 Å². The van der Waals surface area contributed by atoms with Crippen LogP contribution in [0.4, 0.5) is 5.69 Å². The molecule has 1 amide bonds. The van der Waals surface area contributed by atoms with Gasteiger partial charge in [-0.05, 0) is 24.6 Å². The molecule has 0 aliphatic heterocycles. The maximum Gasteiger partial charge on any atom is 0.232 e. The number of nitrogens with zero attached hydrogens (tertiary/aromatic N) is 1. The lowest BCUT2D eigenvalue weighted by Gasteiger charge is -2.11. The first-order chi connectivity index (χ1) is 7.02. The summed E-state index contributed by atoms with van der Waals surface area (Å²) in [5.41, 5.74) is 7.60. The summed E-state index contributed by atoms with van der Waals surface area (Å²) in [6, 6.07) is 5.76. The highest BCUT2D eigenvalue weighted by Gasteiger charge is 2.07. The highest BCUT2D eigenvalue weighted by molar-refractivity contribution is 8.00. The average molecular weight is 224 g/mol. The van der Waals surface area contributed by atoms with E-state index in [0.717, 1.165) is 16.1 Å². The van der Waals surface area contributed by atoms with Gasteiger partial charge in [-0.2, -0.15) is 0 Å². The van der Waals surface area contributed by atoms with Gasteiger partial charge < -0.3 is 10.6 Å². The van der Waals surface area contributed by atoms with Crippen molar-refractivity contribution >= 4 is 23.4 Å². The third kappa shape index (κ3) is 3.16. The van der Waals surface area contributed by atoms with Crippen molar-refractivity contribution < 1.29 is 4.79 Å². The van der Waals surface area contributed by atoms with Gasteiger partial charge in [0.25, 0.3) is 0 Å². The Bertz CT molecular complexity index is 364. The fourth-order valence-corrected chi connectivity index (χ4v) is 2.10. The summed E-state index contributed by atoms with van der Waals surface area (Å²) in [7, 11) is 3.52. The molecular formula is C11H16N2OS. The molecule has 0 atom stereocenters. The average Bonchev–Trinajstić information content (AvgIpc) is 2.19. The molecule has 0 aliphatic carbocycles. The molecule has 2 N–H and O–H groups in total. The van der Waals surface area contributed by atoms with Crippen LogP contribution >= 0.6 is 11.8 Å². The van der Waals surface area contributed by atoms with Crippen molar-refractivity contribution in [2.24, 2.45) is 0 Å². The zero-order chi connectivity index (χ0) is 11.4. The van der Waals surface area contributed by atoms with Gasteiger partial charge in [0, 0.05) is 24.7 Å². The van der Waals surface area contributed by atoms with Crippen LogP contribution in [0, 0.1) is 6.92 Å². The first-order valence-corrected chi connectivity index (χ1v) is 5.69. The molecule has 0 unspecified atom stereocenters. The summed E-state index contributed by atoms with van der Waals surface area (Å²) in [6.07, 6.45) is 0. The summed E-state index contributed by atoms with van der Waals surface area (Å²) in [5, 5.41) is 0. The molecule has 0 radical (unpaired) electrons. The Balaban J connectivity index is 2.66. The van der Waals surface area contributed by atoms with Gasteiger partial charge in [-0.15, -0.1) is 11.8 Å². The highest BCUT2D eigenvalue weighted by atomic mass is 32.2. The Kier molecular flexibility index (Phi) is 4.03. The van der Waals surface area contributed by atoms with Crippen LogP contribution in [0.3, 0.4) is 0 Å². The normalized spacial score (nSPS) is 10.1. The molecule has 0 aliphatic rings. The maximum absolute atomic E-state index is 11.4. The standard InChI is InChI=1S/C11H16N2OS/c1-8-9(12)5-4-6-10(8)15-7-11(14)13(2)3/h4-6H,7,12H2,1-3H3. The van der Waals surface area contributed by atoms with Crippen molar-refractivity contribution in [3.63, 3.8) is 0 Å². The SMILES string of the molecule is Cc1c(N)cccc1SCC(=O)N(C)C. The number of carbonyl (C=O) groups is 1. The number of anilines is 1. The second kappa shape index (κ2) is 5.07. The van der Waals surface area contributed by atoms with E-state index in [9.17, 15) is 4.79 Å². The second-order valence-electron chi connectivity index (χ2n) is 3.55. The van der Waals surface area contributed by atoms with E-state index in [2.05, 4.69) is 0 Å². The van der Waals surface area contributed by atoms with E-state index in [1.807, 2.05) is 25.1 Å². The molecular weight excluding hydrogens is 208 g/mol. The van der Waals surface area contributed by atoms with Gasteiger partial charge in [0.15, 0.2) is 0 Å². The predicted octanol–water partition coefficient (Wildman–Crippen LogP) is 1.76. The lowest BCUT2D eigenvalue weighted by atomic mass is 10.2. The molecule has 0 aromatic heterocycles. The third-order valence-electron chi connectivity index (χ3n) is 2.18. The number of amides is 1. The number of nitrogen functional groups attached to an aromatic ring is 1. The van der Waals surface area contributed by atoms with Crippen LogP contribution in [0.1, 0.15) is 5.56 Å². The van der Waals surface area contributed by atoms with Crippen LogP contribution < -0.4 is 5.73 Å². The highest BCUT2D eigenvalue weighted by Crippen LogP contribution is 2.25. The van der Waals surface area contributed by atoms with Gasteiger partial charge in [-0.25, -0.2) is 0 Å². The quantitative estimate of drug-likeness (QED) is 0.628. The molecule has 0 fully saturated rings. The third-order valence-corrected chi connectivity index (χ3v) is 3.32. The topological polar surface area (TPSA) is 46.3 Å². The van der Waals surface area contributed by atoms with E-state index >= 15 is 0 Å². The van der Waals surface area contributed by atoms with Crippen LogP contribution in [0.2, 0.25) is 0 Å². The number of hydrogen-bond donors (Lipinski definition) is 1. The van der Waals surface area contributed by atoms with Crippen LogP contribution in [-0.2, 0) is 4.79 Å². The van der Waals surface area contributed by atoms with Crippen molar-refractivity contribution in [1.29, 1.82) is 0 Å². The van der Waals surface area contributed by atoms with E-state index in [0.29, 0.717) is 5.75 Å². The zero-order valence-corrected chi connectivity index (χ0v) is 10.1. The number of hydrogen-bond acceptors (Lipinski definition) is 3. The Morgan fingerprint density at radius 2 is 2.13 bits per heavy atom. The Morgan fingerprint density at radius 1 is 1.47 bits per heavy atom. The molecule has 1 rings (SSSR count). The van der Waals surface area contributed by atoms with E-state index in [-0.39, 0.29) is 5.91 Å². The molecule has 0 saturated carbocycles. The Hall–Kier alpha value is -1.16. The van der Waals surface area contributed by atoms with Gasteiger partial charge in [-0.3, -0.25) is 4.79 Å². The smallest absolute Gasteiger partial charge is 0.232 e. The largest absolute Gasteiger partial charge is 0.398 e. The van der Waals surface area contributed by atoms with Crippen molar-refractivity contribution in [3.8, 4) is 0 Å². The number of rotatable bonds is 3. The first kappa shape index (κ1) is 11.9. The van der Waals surface area contributed by atoms with Crippen molar-refractivity contribution in [2.75, 3.05) is 25.6 Å². The molecule has 1 aromatic rings. The number of nitrogens with two attached hydrogens (primary N) is 1. The molecule has 0 bridgehead atoms. The van der Waals surface area contributed by atoms with Gasteiger partial charge in [0.2, 0.25) is 5.91 Å². The summed E-state index contributed by atoms with van der Waals surface area (Å²) < 4.78 is 0. The van der Waals surface area contributed by atoms with Crippen LogP contribution in [0.15, 0.2) is 23.1 Å². The van der Waals surface area contributed by atoms with Gasteiger partial charge in [-0.1, -0.05) is 6.07 Å². The first-order valence-electron chi connectivity index (χ1n) is 4.70. The lowest BCUT2D eigenvalue weighted by molar-refractivity contribution is -0.125. The van der Waals surface area contributed by atoms with E-state index in [1.165, 1.54) is 11.8 Å². The van der Waals surface area contributed by atoms with Crippen LogP contribution in [-0.4, -0.2) is 30.7 Å². The molecule has 1 aromatic carbocycles. The number of carbonyl (C=O) groups excluding carboxylic acids is 1. The second-order valence-corrected chi connectivity index (χ2v) is 4.56. The molecule has 3 nitrogen and oxygen atoms in total. The monoisotopic (exact) mass is 224 g/mol. The fraction of sp³-hybridized carbons (Fsp3) is 0.364. The van der Waals surface area contributed by atoms with Gasteiger partial charge >= 0.3 is 0 Å². The zero-order valence-electron chi connectivity index (χ0n) is 9.28. The van der Waals surface area contributed by atoms with Gasteiger partial charge in [0.05, 0.1) is 5.75 Å². The minimum absolute atomic E-state index is 0.113. The molecule has 0 heterocycles. The Morgan fingerprint density at radius 3 is 2.73 bits per heavy atom. The maximum atomic E-state index is 11.4. The predicted molar refractivity (Wildman–Crippen MR) is 65.0 cm³/mol. The van der Waals surface area contributed by atoms with E-state index in [1.54, 1.807) is 19.0 Å². The number of thioether (sulfide) groups is 1. The van der Waals surface area contributed by atoms with Crippen molar-refractivity contribution in [2.45, 2.75) is 11.8 Å². The summed E-state index contributed by atoms with van der Waals surface area (Å²) in [4.78, 5) is 14.1. The molecule has 82 valence electrons. The van der Waals surface area contributed by atoms with Crippen molar-refractivity contribution in [3.05, 3.63) is 23.8 Å². The summed E-state index contributed by atoms with van der Waals surface area (Å²) in [5.74, 6) is 0.568. The molecule has 4 heteroatoms. The Labute approximate surface area is 94.6 Å². The number of benzene rings is 1. The minimum Gasteiger partial charge on any atom is -0.398 e.